The highest BCUT2D eigenvalue weighted by Gasteiger charge is 2.28. The lowest BCUT2D eigenvalue weighted by molar-refractivity contribution is -0.121. The maximum atomic E-state index is 12.1. The average molecular weight is 314 g/mol. The standard InChI is InChI=1S/C18H22N2OS/c1-13(14-9-10-14)20-17(21)12-19-18(16-8-5-11-22-16)15-6-3-2-4-7-15/h2-8,11,13-14,18-19H,9-10,12H2,1H3,(H,20,21)/t13-,18+/m0/s1. The van der Waals surface area contributed by atoms with Gasteiger partial charge in [-0.2, -0.15) is 0 Å². The molecule has 1 aliphatic rings. The van der Waals surface area contributed by atoms with Crippen molar-refractivity contribution in [1.82, 2.24) is 10.6 Å². The van der Waals surface area contributed by atoms with Crippen molar-refractivity contribution in [2.75, 3.05) is 6.54 Å². The van der Waals surface area contributed by atoms with Crippen LogP contribution in [-0.4, -0.2) is 18.5 Å². The second kappa shape index (κ2) is 7.07. The molecule has 3 rings (SSSR count). The number of benzene rings is 1. The van der Waals surface area contributed by atoms with Crippen LogP contribution in [0.15, 0.2) is 47.8 Å². The lowest BCUT2D eigenvalue weighted by Crippen LogP contribution is -2.41. The molecule has 1 heterocycles. The van der Waals surface area contributed by atoms with Gasteiger partial charge < -0.3 is 5.32 Å². The topological polar surface area (TPSA) is 41.1 Å². The van der Waals surface area contributed by atoms with Crippen LogP contribution in [0.4, 0.5) is 0 Å². The van der Waals surface area contributed by atoms with E-state index in [0.717, 1.165) is 0 Å². The van der Waals surface area contributed by atoms with Gasteiger partial charge in [-0.25, -0.2) is 0 Å². The molecule has 0 radical (unpaired) electrons. The van der Waals surface area contributed by atoms with E-state index < -0.39 is 0 Å². The molecule has 1 aliphatic carbocycles. The van der Waals surface area contributed by atoms with Crippen LogP contribution >= 0.6 is 11.3 Å². The minimum Gasteiger partial charge on any atom is -0.352 e. The maximum Gasteiger partial charge on any atom is 0.234 e. The molecule has 1 fully saturated rings. The minimum atomic E-state index is 0.0724. The van der Waals surface area contributed by atoms with E-state index >= 15 is 0 Å². The van der Waals surface area contributed by atoms with Gasteiger partial charge in [0.25, 0.3) is 0 Å². The molecular formula is C18H22N2OS. The summed E-state index contributed by atoms with van der Waals surface area (Å²) in [6.07, 6.45) is 2.49. The minimum absolute atomic E-state index is 0.0724. The van der Waals surface area contributed by atoms with Crippen molar-refractivity contribution in [3.63, 3.8) is 0 Å². The van der Waals surface area contributed by atoms with Crippen molar-refractivity contribution >= 4 is 17.2 Å². The second-order valence-electron chi connectivity index (χ2n) is 5.93. The fourth-order valence-corrected chi connectivity index (χ4v) is 3.52. The van der Waals surface area contributed by atoms with Crippen LogP contribution in [0, 0.1) is 5.92 Å². The van der Waals surface area contributed by atoms with Crippen LogP contribution in [-0.2, 0) is 4.79 Å². The molecule has 0 aliphatic heterocycles. The SMILES string of the molecule is C[C@H](NC(=O)CN[C@H](c1ccccc1)c1cccs1)C1CC1. The molecule has 2 atom stereocenters. The number of amides is 1. The van der Waals surface area contributed by atoms with Crippen LogP contribution in [0.5, 0.6) is 0 Å². The molecule has 1 amide bonds. The quantitative estimate of drug-likeness (QED) is 0.823. The largest absolute Gasteiger partial charge is 0.352 e. The van der Waals surface area contributed by atoms with Gasteiger partial charge in [-0.3, -0.25) is 10.1 Å². The van der Waals surface area contributed by atoms with Gasteiger partial charge >= 0.3 is 0 Å². The summed E-state index contributed by atoms with van der Waals surface area (Å²) >= 11 is 1.71. The van der Waals surface area contributed by atoms with Gasteiger partial charge in [0.2, 0.25) is 5.91 Å². The Kier molecular flexibility index (Phi) is 4.90. The molecular weight excluding hydrogens is 292 g/mol. The first kappa shape index (κ1) is 15.3. The number of carbonyl (C=O) groups excluding carboxylic acids is 1. The van der Waals surface area contributed by atoms with E-state index in [4.69, 9.17) is 0 Å². The van der Waals surface area contributed by atoms with Gasteiger partial charge in [-0.15, -0.1) is 11.3 Å². The first-order valence-electron chi connectivity index (χ1n) is 7.85. The molecule has 0 bridgehead atoms. The highest BCUT2D eigenvalue weighted by Crippen LogP contribution is 2.32. The number of thiophene rings is 1. The predicted octanol–water partition coefficient (Wildman–Crippen LogP) is 3.34. The third-order valence-electron chi connectivity index (χ3n) is 4.15. The van der Waals surface area contributed by atoms with E-state index in [-0.39, 0.29) is 11.9 Å². The Hall–Kier alpha value is -1.65. The zero-order valence-corrected chi connectivity index (χ0v) is 13.6. The molecule has 4 heteroatoms. The Morgan fingerprint density at radius 3 is 2.64 bits per heavy atom. The van der Waals surface area contributed by atoms with Crippen LogP contribution in [0.25, 0.3) is 0 Å². The third-order valence-corrected chi connectivity index (χ3v) is 5.08. The molecule has 0 spiro atoms. The highest BCUT2D eigenvalue weighted by atomic mass is 32.1. The Morgan fingerprint density at radius 2 is 2.00 bits per heavy atom. The summed E-state index contributed by atoms with van der Waals surface area (Å²) in [7, 11) is 0. The van der Waals surface area contributed by atoms with Crippen LogP contribution in [0.3, 0.4) is 0 Å². The second-order valence-corrected chi connectivity index (χ2v) is 6.91. The molecule has 0 saturated heterocycles. The molecule has 1 aromatic carbocycles. The Bertz CT molecular complexity index is 593. The predicted molar refractivity (Wildman–Crippen MR) is 90.9 cm³/mol. The summed E-state index contributed by atoms with van der Waals surface area (Å²) in [6, 6.07) is 14.8. The van der Waals surface area contributed by atoms with Crippen LogP contribution in [0.2, 0.25) is 0 Å². The number of nitrogens with one attached hydrogen (secondary N) is 2. The number of hydrogen-bond donors (Lipinski definition) is 2. The van der Waals surface area contributed by atoms with E-state index in [1.165, 1.54) is 23.3 Å². The lowest BCUT2D eigenvalue weighted by Gasteiger charge is -2.19. The van der Waals surface area contributed by atoms with Gasteiger partial charge in [-0.1, -0.05) is 36.4 Å². The first-order chi connectivity index (χ1) is 10.7. The summed E-state index contributed by atoms with van der Waals surface area (Å²) in [4.78, 5) is 13.4. The Morgan fingerprint density at radius 1 is 1.23 bits per heavy atom. The van der Waals surface area contributed by atoms with Crippen molar-refractivity contribution < 1.29 is 4.79 Å². The molecule has 3 nitrogen and oxygen atoms in total. The van der Waals surface area contributed by atoms with Gasteiger partial charge in [0.1, 0.15) is 0 Å². The summed E-state index contributed by atoms with van der Waals surface area (Å²) in [6.45, 7) is 2.44. The molecule has 2 N–H and O–H groups in total. The average Bonchev–Trinajstić information content (AvgIpc) is 3.25. The maximum absolute atomic E-state index is 12.1. The van der Waals surface area contributed by atoms with E-state index in [1.54, 1.807) is 11.3 Å². The third kappa shape index (κ3) is 3.96. The molecule has 22 heavy (non-hydrogen) atoms. The fraction of sp³-hybridized carbons (Fsp3) is 0.389. The van der Waals surface area contributed by atoms with Crippen molar-refractivity contribution in [1.29, 1.82) is 0 Å². The van der Waals surface area contributed by atoms with E-state index in [2.05, 4.69) is 41.1 Å². The van der Waals surface area contributed by atoms with Crippen LogP contribution < -0.4 is 10.6 Å². The Labute approximate surface area is 135 Å². The summed E-state index contributed by atoms with van der Waals surface area (Å²) < 4.78 is 0. The van der Waals surface area contributed by atoms with Crippen molar-refractivity contribution in [3.8, 4) is 0 Å². The van der Waals surface area contributed by atoms with E-state index in [9.17, 15) is 4.79 Å². The molecule has 2 aromatic rings. The zero-order valence-electron chi connectivity index (χ0n) is 12.8. The van der Waals surface area contributed by atoms with Crippen molar-refractivity contribution in [2.24, 2.45) is 5.92 Å². The van der Waals surface area contributed by atoms with Gasteiger partial charge in [0.15, 0.2) is 0 Å². The van der Waals surface area contributed by atoms with Crippen molar-refractivity contribution in [2.45, 2.75) is 31.8 Å². The zero-order chi connectivity index (χ0) is 15.4. The number of hydrogen-bond acceptors (Lipinski definition) is 3. The number of rotatable bonds is 7. The van der Waals surface area contributed by atoms with Gasteiger partial charge in [0.05, 0.1) is 12.6 Å². The number of carbonyl (C=O) groups is 1. The molecule has 1 saturated carbocycles. The van der Waals surface area contributed by atoms with Crippen LogP contribution in [0.1, 0.15) is 36.2 Å². The van der Waals surface area contributed by atoms with E-state index in [1.807, 2.05) is 24.3 Å². The van der Waals surface area contributed by atoms with Gasteiger partial charge in [0, 0.05) is 10.9 Å². The highest BCUT2D eigenvalue weighted by molar-refractivity contribution is 7.10. The molecule has 0 unspecified atom stereocenters. The first-order valence-corrected chi connectivity index (χ1v) is 8.73. The lowest BCUT2D eigenvalue weighted by atomic mass is 10.1. The monoisotopic (exact) mass is 314 g/mol. The van der Waals surface area contributed by atoms with Gasteiger partial charge in [-0.05, 0) is 42.7 Å². The molecule has 116 valence electrons. The summed E-state index contributed by atoms with van der Waals surface area (Å²) in [5.41, 5.74) is 1.19. The smallest absolute Gasteiger partial charge is 0.234 e. The fourth-order valence-electron chi connectivity index (χ4n) is 2.70. The normalized spacial score (nSPS) is 17.0. The Balaban J connectivity index is 1.62. The van der Waals surface area contributed by atoms with E-state index in [0.29, 0.717) is 18.5 Å². The van der Waals surface area contributed by atoms with Crippen molar-refractivity contribution in [3.05, 3.63) is 58.3 Å². The summed E-state index contributed by atoms with van der Waals surface area (Å²) in [5, 5.41) is 8.57. The molecule has 1 aromatic heterocycles. The summed E-state index contributed by atoms with van der Waals surface area (Å²) in [5.74, 6) is 0.767.